The Kier molecular flexibility index (Phi) is 5.17. The van der Waals surface area contributed by atoms with Gasteiger partial charge in [-0.05, 0) is 42.2 Å². The van der Waals surface area contributed by atoms with Gasteiger partial charge < -0.3 is 10.1 Å². The van der Waals surface area contributed by atoms with E-state index in [9.17, 15) is 4.79 Å². The van der Waals surface area contributed by atoms with Crippen molar-refractivity contribution >= 4 is 51.9 Å². The number of rotatable bonds is 3. The van der Waals surface area contributed by atoms with E-state index < -0.39 is 0 Å². The van der Waals surface area contributed by atoms with Gasteiger partial charge in [-0.2, -0.15) is 0 Å². The predicted octanol–water partition coefficient (Wildman–Crippen LogP) is 3.85. The van der Waals surface area contributed by atoms with Gasteiger partial charge in [-0.3, -0.25) is 10.1 Å². The number of carbonyl (C=O) groups excluding carboxylic acids is 1. The third kappa shape index (κ3) is 3.93. The monoisotopic (exact) mass is 340 g/mol. The molecule has 4 nitrogen and oxygen atoms in total. The molecular formula is C14H13ClN2O2S2. The molecule has 2 rings (SSSR count). The molecule has 2 aromatic rings. The zero-order valence-electron chi connectivity index (χ0n) is 11.4. The van der Waals surface area contributed by atoms with Crippen molar-refractivity contribution in [2.24, 2.45) is 0 Å². The minimum atomic E-state index is -0.243. The number of aryl methyl sites for hydroxylation is 1. The van der Waals surface area contributed by atoms with Gasteiger partial charge in [-0.15, -0.1) is 11.3 Å². The van der Waals surface area contributed by atoms with Crippen LogP contribution in [0.15, 0.2) is 29.6 Å². The quantitative estimate of drug-likeness (QED) is 0.833. The molecule has 110 valence electrons. The number of hydrogen-bond acceptors (Lipinski definition) is 4. The van der Waals surface area contributed by atoms with Crippen molar-refractivity contribution in [2.45, 2.75) is 6.92 Å². The lowest BCUT2D eigenvalue weighted by atomic mass is 10.2. The van der Waals surface area contributed by atoms with E-state index in [2.05, 4.69) is 10.6 Å². The summed E-state index contributed by atoms with van der Waals surface area (Å²) in [5, 5.41) is 8.20. The van der Waals surface area contributed by atoms with Crippen LogP contribution in [0.2, 0.25) is 5.02 Å². The number of thiophene rings is 1. The van der Waals surface area contributed by atoms with Gasteiger partial charge in [-0.1, -0.05) is 17.7 Å². The maximum atomic E-state index is 11.9. The lowest BCUT2D eigenvalue weighted by molar-refractivity contribution is 0.0981. The van der Waals surface area contributed by atoms with Gasteiger partial charge in [0.25, 0.3) is 5.91 Å². The molecule has 0 saturated heterocycles. The maximum absolute atomic E-state index is 11.9. The molecule has 0 aliphatic rings. The summed E-state index contributed by atoms with van der Waals surface area (Å²) in [5.74, 6) is 0.311. The Morgan fingerprint density at radius 3 is 2.81 bits per heavy atom. The van der Waals surface area contributed by atoms with Gasteiger partial charge >= 0.3 is 0 Å². The summed E-state index contributed by atoms with van der Waals surface area (Å²) in [6, 6.07) is 7.05. The second-order valence-electron chi connectivity index (χ2n) is 4.19. The van der Waals surface area contributed by atoms with Crippen LogP contribution in [0.4, 0.5) is 5.69 Å². The zero-order chi connectivity index (χ0) is 15.4. The molecule has 0 spiro atoms. The molecule has 0 saturated carbocycles. The molecule has 0 aliphatic heterocycles. The van der Waals surface area contributed by atoms with Crippen LogP contribution in [-0.2, 0) is 0 Å². The Balaban J connectivity index is 2.09. The van der Waals surface area contributed by atoms with Crippen LogP contribution in [0, 0.1) is 6.92 Å². The molecule has 2 N–H and O–H groups in total. The van der Waals surface area contributed by atoms with Crippen LogP contribution >= 0.6 is 35.2 Å². The molecule has 1 heterocycles. The summed E-state index contributed by atoms with van der Waals surface area (Å²) in [5.41, 5.74) is 1.53. The standard InChI is InChI=1S/C14H13ClN2O2S2/c1-8-6-10(11(19-2)7-9(8)15)16-14(20)17-13(18)12-4-3-5-21-12/h3-7H,1-2H3,(H2,16,17,18,20). The first-order valence-corrected chi connectivity index (χ1v) is 7.68. The van der Waals surface area contributed by atoms with Crippen molar-refractivity contribution in [3.63, 3.8) is 0 Å². The van der Waals surface area contributed by atoms with Crippen molar-refractivity contribution < 1.29 is 9.53 Å². The maximum Gasteiger partial charge on any atom is 0.267 e. The average molecular weight is 341 g/mol. The first-order valence-electron chi connectivity index (χ1n) is 6.01. The number of amides is 1. The van der Waals surface area contributed by atoms with Gasteiger partial charge in [0.1, 0.15) is 5.75 Å². The Bertz CT molecular complexity index is 672. The summed E-state index contributed by atoms with van der Waals surface area (Å²) in [6.45, 7) is 1.88. The number of hydrogen-bond donors (Lipinski definition) is 2. The van der Waals surface area contributed by atoms with Gasteiger partial charge in [-0.25, -0.2) is 0 Å². The fraction of sp³-hybridized carbons (Fsp3) is 0.143. The van der Waals surface area contributed by atoms with Crippen LogP contribution in [0.3, 0.4) is 0 Å². The topological polar surface area (TPSA) is 50.4 Å². The first-order chi connectivity index (χ1) is 10.0. The lowest BCUT2D eigenvalue weighted by Crippen LogP contribution is -2.33. The van der Waals surface area contributed by atoms with E-state index in [1.807, 2.05) is 24.4 Å². The number of thiocarbonyl (C=S) groups is 1. The molecule has 0 aliphatic carbocycles. The van der Waals surface area contributed by atoms with Crippen LogP contribution < -0.4 is 15.4 Å². The van der Waals surface area contributed by atoms with Crippen molar-refractivity contribution in [3.8, 4) is 5.75 Å². The van der Waals surface area contributed by atoms with Crippen molar-refractivity contribution in [2.75, 3.05) is 12.4 Å². The van der Waals surface area contributed by atoms with Gasteiger partial charge in [0, 0.05) is 11.1 Å². The molecule has 0 atom stereocenters. The molecular weight excluding hydrogens is 328 g/mol. The molecule has 21 heavy (non-hydrogen) atoms. The fourth-order valence-corrected chi connectivity index (χ4v) is 2.63. The minimum Gasteiger partial charge on any atom is -0.495 e. The van der Waals surface area contributed by atoms with Gasteiger partial charge in [0.2, 0.25) is 0 Å². The normalized spacial score (nSPS) is 10.0. The van der Waals surface area contributed by atoms with E-state index in [0.717, 1.165) is 5.56 Å². The zero-order valence-corrected chi connectivity index (χ0v) is 13.8. The SMILES string of the molecule is COc1cc(Cl)c(C)cc1NC(=S)NC(=O)c1cccs1. The molecule has 1 aromatic carbocycles. The number of carbonyl (C=O) groups is 1. The number of benzene rings is 1. The van der Waals surface area contributed by atoms with Gasteiger partial charge in [0.05, 0.1) is 17.7 Å². The van der Waals surface area contributed by atoms with Crippen LogP contribution in [-0.4, -0.2) is 18.1 Å². The Hall–Kier alpha value is -1.63. The van der Waals surface area contributed by atoms with E-state index in [0.29, 0.717) is 21.3 Å². The number of ether oxygens (including phenoxy) is 1. The van der Waals surface area contributed by atoms with Crippen molar-refractivity contribution in [1.29, 1.82) is 0 Å². The largest absolute Gasteiger partial charge is 0.495 e. The van der Waals surface area contributed by atoms with E-state index >= 15 is 0 Å². The smallest absolute Gasteiger partial charge is 0.267 e. The Morgan fingerprint density at radius 2 is 2.19 bits per heavy atom. The molecule has 0 unspecified atom stereocenters. The van der Waals surface area contributed by atoms with Crippen LogP contribution in [0.5, 0.6) is 5.75 Å². The second kappa shape index (κ2) is 6.89. The number of methoxy groups -OCH3 is 1. The van der Waals surface area contributed by atoms with Crippen LogP contribution in [0.25, 0.3) is 0 Å². The molecule has 0 radical (unpaired) electrons. The lowest BCUT2D eigenvalue weighted by Gasteiger charge is -2.14. The van der Waals surface area contributed by atoms with Gasteiger partial charge in [0.15, 0.2) is 5.11 Å². The summed E-state index contributed by atoms with van der Waals surface area (Å²) < 4.78 is 5.24. The number of nitrogens with one attached hydrogen (secondary N) is 2. The van der Waals surface area contributed by atoms with Crippen molar-refractivity contribution in [3.05, 3.63) is 45.1 Å². The highest BCUT2D eigenvalue weighted by molar-refractivity contribution is 7.80. The third-order valence-electron chi connectivity index (χ3n) is 2.70. The third-order valence-corrected chi connectivity index (χ3v) is 4.18. The van der Waals surface area contributed by atoms with E-state index in [4.69, 9.17) is 28.6 Å². The summed E-state index contributed by atoms with van der Waals surface area (Å²) in [6.07, 6.45) is 0. The fourth-order valence-electron chi connectivity index (χ4n) is 1.66. The second-order valence-corrected chi connectivity index (χ2v) is 5.95. The Morgan fingerprint density at radius 1 is 1.43 bits per heavy atom. The summed E-state index contributed by atoms with van der Waals surface area (Å²) >= 11 is 12.5. The Labute approximate surface area is 137 Å². The summed E-state index contributed by atoms with van der Waals surface area (Å²) in [4.78, 5) is 12.5. The molecule has 7 heteroatoms. The van der Waals surface area contributed by atoms with E-state index in [-0.39, 0.29) is 11.0 Å². The molecule has 0 bridgehead atoms. The average Bonchev–Trinajstić information content (AvgIpc) is 2.96. The number of anilines is 1. The highest BCUT2D eigenvalue weighted by atomic mass is 35.5. The molecule has 1 aromatic heterocycles. The number of halogens is 1. The first kappa shape index (κ1) is 15.8. The van der Waals surface area contributed by atoms with E-state index in [1.54, 1.807) is 19.2 Å². The highest BCUT2D eigenvalue weighted by Crippen LogP contribution is 2.30. The predicted molar refractivity (Wildman–Crippen MR) is 90.7 cm³/mol. The van der Waals surface area contributed by atoms with Crippen molar-refractivity contribution in [1.82, 2.24) is 5.32 Å². The minimum absolute atomic E-state index is 0.202. The van der Waals surface area contributed by atoms with Crippen LogP contribution in [0.1, 0.15) is 15.2 Å². The van der Waals surface area contributed by atoms with E-state index in [1.165, 1.54) is 11.3 Å². The molecule has 1 amide bonds. The summed E-state index contributed by atoms with van der Waals surface area (Å²) in [7, 11) is 1.54. The molecule has 0 fully saturated rings. The highest BCUT2D eigenvalue weighted by Gasteiger charge is 2.12.